The van der Waals surface area contributed by atoms with E-state index in [1.54, 1.807) is 18.5 Å². The molecule has 0 radical (unpaired) electrons. The molecule has 180 valence electrons. The van der Waals surface area contributed by atoms with Crippen molar-refractivity contribution >= 4 is 11.7 Å². The van der Waals surface area contributed by atoms with Crippen molar-refractivity contribution in [2.75, 3.05) is 18.4 Å². The van der Waals surface area contributed by atoms with Crippen LogP contribution in [-0.2, 0) is 13.0 Å². The van der Waals surface area contributed by atoms with Crippen molar-refractivity contribution in [1.29, 1.82) is 0 Å². The Morgan fingerprint density at radius 2 is 1.88 bits per heavy atom. The first-order valence-corrected chi connectivity index (χ1v) is 11.1. The van der Waals surface area contributed by atoms with Gasteiger partial charge in [0, 0.05) is 43.2 Å². The van der Waals surface area contributed by atoms with Crippen LogP contribution in [0, 0.1) is 25.5 Å². The summed E-state index contributed by atoms with van der Waals surface area (Å²) >= 11 is 0. The maximum Gasteiger partial charge on any atom is 0.316 e. The van der Waals surface area contributed by atoms with E-state index in [0.29, 0.717) is 31.7 Å². The van der Waals surface area contributed by atoms with Crippen LogP contribution in [0.4, 0.5) is 19.3 Å². The zero-order valence-electron chi connectivity index (χ0n) is 19.7. The number of primary amides is 1. The Kier molecular flexibility index (Phi) is 6.18. The molecule has 0 saturated heterocycles. The number of hydrogen-bond acceptors (Lipinski definition) is 4. The fraction of sp³-hybridized carbons (Fsp3) is 0.360. The third kappa shape index (κ3) is 4.67. The number of anilines is 1. The number of nitrogens with one attached hydrogen (secondary N) is 1. The van der Waals surface area contributed by atoms with Crippen LogP contribution in [0.5, 0.6) is 0 Å². The molecule has 0 spiro atoms. The summed E-state index contributed by atoms with van der Waals surface area (Å²) < 4.78 is 32.0. The second kappa shape index (κ2) is 8.81. The molecule has 0 unspecified atom stereocenters. The summed E-state index contributed by atoms with van der Waals surface area (Å²) in [6.45, 7) is 8.93. The largest absolute Gasteiger partial charge is 0.389 e. The number of nitrogens with zero attached hydrogens (tertiary/aromatic N) is 3. The number of halogens is 2. The minimum Gasteiger partial charge on any atom is -0.389 e. The highest BCUT2D eigenvalue weighted by atomic mass is 19.1. The van der Waals surface area contributed by atoms with Gasteiger partial charge in [0.2, 0.25) is 0 Å². The van der Waals surface area contributed by atoms with E-state index in [-0.39, 0.29) is 11.3 Å². The molecule has 0 bridgehead atoms. The predicted molar refractivity (Wildman–Crippen MR) is 127 cm³/mol. The van der Waals surface area contributed by atoms with Crippen molar-refractivity contribution in [3.05, 3.63) is 64.4 Å². The van der Waals surface area contributed by atoms with E-state index in [1.165, 1.54) is 0 Å². The molecule has 1 aromatic heterocycles. The van der Waals surface area contributed by atoms with Crippen molar-refractivity contribution in [3.8, 4) is 16.9 Å². The van der Waals surface area contributed by atoms with Crippen molar-refractivity contribution in [2.24, 2.45) is 5.73 Å². The molecule has 34 heavy (non-hydrogen) atoms. The standard InChI is InChI=1S/C25H29F2N5O2/c1-14-6-5-7-15(2)22(14)32-23(16-10-19(27)21(11-18(16)26)29-24(28)33)17-12-31(13-25(3,4)34)9-8-20(17)30-32/h5-7,10-11,34H,8-9,12-13H2,1-4H3,(H3,28,29,33). The lowest BCUT2D eigenvalue weighted by Crippen LogP contribution is -2.41. The van der Waals surface area contributed by atoms with Gasteiger partial charge in [-0.1, -0.05) is 18.2 Å². The van der Waals surface area contributed by atoms with Crippen molar-refractivity contribution < 1.29 is 18.7 Å². The number of aryl methyl sites for hydroxylation is 2. The SMILES string of the molecule is Cc1cccc(C)c1-n1nc2c(c1-c1cc(F)c(NC(N)=O)cc1F)CN(CC(C)(C)O)CC2. The van der Waals surface area contributed by atoms with Gasteiger partial charge >= 0.3 is 6.03 Å². The fourth-order valence-electron chi connectivity index (χ4n) is 4.65. The molecule has 9 heteroatoms. The zero-order chi connectivity index (χ0) is 24.8. The maximum atomic E-state index is 15.4. The first-order valence-electron chi connectivity index (χ1n) is 11.1. The molecule has 2 aromatic carbocycles. The summed E-state index contributed by atoms with van der Waals surface area (Å²) in [4.78, 5) is 13.3. The second-order valence-electron chi connectivity index (χ2n) is 9.50. The maximum absolute atomic E-state index is 15.4. The number of aliphatic hydroxyl groups is 1. The van der Waals surface area contributed by atoms with E-state index >= 15 is 4.39 Å². The number of benzene rings is 2. The van der Waals surface area contributed by atoms with Gasteiger partial charge in [0.15, 0.2) is 0 Å². The van der Waals surface area contributed by atoms with E-state index < -0.39 is 23.3 Å². The van der Waals surface area contributed by atoms with Crippen molar-refractivity contribution in [3.63, 3.8) is 0 Å². The third-order valence-electron chi connectivity index (χ3n) is 5.94. The van der Waals surface area contributed by atoms with Gasteiger partial charge in [-0.25, -0.2) is 18.3 Å². The number of urea groups is 1. The molecule has 2 heterocycles. The van der Waals surface area contributed by atoms with Crippen LogP contribution in [0.15, 0.2) is 30.3 Å². The van der Waals surface area contributed by atoms with Crippen molar-refractivity contribution in [2.45, 2.75) is 46.3 Å². The number of fused-ring (bicyclic) bond motifs is 1. The number of amides is 2. The third-order valence-corrected chi connectivity index (χ3v) is 5.94. The number of carbonyl (C=O) groups excluding carboxylic acids is 1. The Morgan fingerprint density at radius 1 is 1.21 bits per heavy atom. The minimum absolute atomic E-state index is 0.0361. The molecule has 2 amide bonds. The van der Waals surface area contributed by atoms with Gasteiger partial charge in [0.1, 0.15) is 11.6 Å². The molecule has 3 aromatic rings. The number of hydrogen-bond donors (Lipinski definition) is 3. The summed E-state index contributed by atoms with van der Waals surface area (Å²) in [6.07, 6.45) is 0.613. The van der Waals surface area contributed by atoms with Crippen molar-refractivity contribution in [1.82, 2.24) is 14.7 Å². The van der Waals surface area contributed by atoms with Gasteiger partial charge in [0.05, 0.1) is 28.4 Å². The van der Waals surface area contributed by atoms with Gasteiger partial charge in [-0.3, -0.25) is 4.90 Å². The Balaban J connectivity index is 1.93. The Hall–Kier alpha value is -3.30. The summed E-state index contributed by atoms with van der Waals surface area (Å²) in [6, 6.07) is 6.85. The van der Waals surface area contributed by atoms with Gasteiger partial charge in [-0.05, 0) is 44.9 Å². The highest BCUT2D eigenvalue weighted by Gasteiger charge is 2.31. The highest BCUT2D eigenvalue weighted by molar-refractivity contribution is 5.88. The normalized spacial score (nSPS) is 14.2. The molecule has 0 aliphatic carbocycles. The van der Waals surface area contributed by atoms with Gasteiger partial charge in [-0.15, -0.1) is 0 Å². The summed E-state index contributed by atoms with van der Waals surface area (Å²) in [5, 5.41) is 17.3. The Bertz CT molecular complexity index is 1240. The van der Waals surface area contributed by atoms with Crippen LogP contribution in [0.2, 0.25) is 0 Å². The lowest BCUT2D eigenvalue weighted by atomic mass is 9.98. The van der Waals surface area contributed by atoms with Gasteiger partial charge < -0.3 is 16.2 Å². The molecule has 0 saturated carbocycles. The fourth-order valence-corrected chi connectivity index (χ4v) is 4.65. The van der Waals surface area contributed by atoms with Crippen LogP contribution in [-0.4, -0.2) is 44.5 Å². The molecule has 0 atom stereocenters. The zero-order valence-corrected chi connectivity index (χ0v) is 19.7. The monoisotopic (exact) mass is 469 g/mol. The van der Waals surface area contributed by atoms with E-state index in [2.05, 4.69) is 10.2 Å². The molecule has 4 rings (SSSR count). The average Bonchev–Trinajstić information content (AvgIpc) is 3.07. The highest BCUT2D eigenvalue weighted by Crippen LogP contribution is 2.37. The molecular weight excluding hydrogens is 440 g/mol. The van der Waals surface area contributed by atoms with Crippen LogP contribution >= 0.6 is 0 Å². The van der Waals surface area contributed by atoms with Gasteiger partial charge in [0.25, 0.3) is 0 Å². The van der Waals surface area contributed by atoms with Crippen LogP contribution in [0.3, 0.4) is 0 Å². The lowest BCUT2D eigenvalue weighted by Gasteiger charge is -2.31. The number of carbonyl (C=O) groups is 1. The van der Waals surface area contributed by atoms with Gasteiger partial charge in [-0.2, -0.15) is 5.10 Å². The number of para-hydroxylation sites is 1. The lowest BCUT2D eigenvalue weighted by molar-refractivity contribution is 0.0317. The first kappa shape index (κ1) is 23.8. The number of rotatable bonds is 5. The topological polar surface area (TPSA) is 96.4 Å². The molecule has 1 aliphatic rings. The quantitative estimate of drug-likeness (QED) is 0.525. The van der Waals surface area contributed by atoms with Crippen LogP contribution < -0.4 is 11.1 Å². The average molecular weight is 470 g/mol. The first-order chi connectivity index (χ1) is 15.9. The Labute approximate surface area is 197 Å². The molecule has 4 N–H and O–H groups in total. The van der Waals surface area contributed by atoms with Crippen LogP contribution in [0.1, 0.15) is 36.2 Å². The number of aromatic nitrogens is 2. The molecular formula is C25H29F2N5O2. The second-order valence-corrected chi connectivity index (χ2v) is 9.50. The number of β-amino-alcohol motifs (C(OH)–C–C–N with tert-alkyl or cyclic N) is 1. The summed E-state index contributed by atoms with van der Waals surface area (Å²) in [5.41, 5.74) is 8.64. The molecule has 0 fully saturated rings. The summed E-state index contributed by atoms with van der Waals surface area (Å²) in [7, 11) is 0. The number of nitrogens with two attached hydrogens (primary N) is 1. The van der Waals surface area contributed by atoms with E-state index in [1.807, 2.05) is 32.0 Å². The summed E-state index contributed by atoms with van der Waals surface area (Å²) in [5.74, 6) is -1.51. The smallest absolute Gasteiger partial charge is 0.316 e. The van der Waals surface area contributed by atoms with E-state index in [4.69, 9.17) is 10.8 Å². The molecule has 1 aliphatic heterocycles. The van der Waals surface area contributed by atoms with E-state index in [0.717, 1.165) is 40.2 Å². The predicted octanol–water partition coefficient (Wildman–Crippen LogP) is 4.05. The van der Waals surface area contributed by atoms with Crippen LogP contribution in [0.25, 0.3) is 16.9 Å². The van der Waals surface area contributed by atoms with E-state index in [9.17, 15) is 14.3 Å². The molecule has 7 nitrogen and oxygen atoms in total. The minimum atomic E-state index is -0.980. The Morgan fingerprint density at radius 3 is 2.50 bits per heavy atom.